The average Bonchev–Trinajstić information content (AvgIpc) is 3.56. The van der Waals surface area contributed by atoms with E-state index in [1.807, 2.05) is 45.3 Å². The van der Waals surface area contributed by atoms with Gasteiger partial charge in [-0.2, -0.15) is 0 Å². The van der Waals surface area contributed by atoms with Crippen molar-refractivity contribution in [2.75, 3.05) is 0 Å². The minimum absolute atomic E-state index is 1.39. The number of hydrogen-bond donors (Lipinski definition) is 0. The quantitative estimate of drug-likeness (QED) is 0.179. The third-order valence-electron chi connectivity index (χ3n) is 7.15. The van der Waals surface area contributed by atoms with Crippen molar-refractivity contribution in [3.05, 3.63) is 68.0 Å². The van der Waals surface area contributed by atoms with Gasteiger partial charge in [0.15, 0.2) is 0 Å². The predicted octanol–water partition coefficient (Wildman–Crippen LogP) is 11.2. The second-order valence-electron chi connectivity index (χ2n) is 9.47. The Kier molecular flexibility index (Phi) is 3.83. The van der Waals surface area contributed by atoms with Gasteiger partial charge in [-0.25, -0.2) is 0 Å². The summed E-state index contributed by atoms with van der Waals surface area (Å²) in [7, 11) is 0. The molecule has 8 rings (SSSR count). The summed E-state index contributed by atoms with van der Waals surface area (Å²) in [6.45, 7) is 8.96. The molecule has 0 saturated heterocycles. The minimum atomic E-state index is 1.39. The van der Waals surface area contributed by atoms with E-state index in [2.05, 4.69) is 76.2 Å². The van der Waals surface area contributed by atoms with Gasteiger partial charge < -0.3 is 0 Å². The summed E-state index contributed by atoms with van der Waals surface area (Å²) in [4.78, 5) is 5.55. The molecule has 8 aromatic rings. The van der Waals surface area contributed by atoms with Crippen LogP contribution in [0.3, 0.4) is 0 Å². The van der Waals surface area contributed by atoms with Gasteiger partial charge in [-0.05, 0) is 62.7 Å². The van der Waals surface area contributed by atoms with E-state index < -0.39 is 0 Å². The Morgan fingerprint density at radius 1 is 0.353 bits per heavy atom. The standard InChI is InChI=1S/C30H20S4/c1-13-9-21-23-11-15(3)33-29(23)25-17-6-8-20-26(18(17)5-7-19(25)27(21)31-13)30-24(12-16(4)34-30)22-10-14(2)32-28(20)22/h5-12H,1-4H3. The summed E-state index contributed by atoms with van der Waals surface area (Å²) in [6, 6.07) is 19.2. The first-order chi connectivity index (χ1) is 16.5. The first-order valence-electron chi connectivity index (χ1n) is 11.5. The van der Waals surface area contributed by atoms with Crippen LogP contribution in [0.4, 0.5) is 0 Å². The van der Waals surface area contributed by atoms with E-state index in [1.54, 1.807) is 0 Å². The van der Waals surface area contributed by atoms with Crippen LogP contribution in [-0.2, 0) is 0 Å². The van der Waals surface area contributed by atoms with Crippen molar-refractivity contribution in [1.29, 1.82) is 0 Å². The fourth-order valence-electron chi connectivity index (χ4n) is 5.90. The summed E-state index contributed by atoms with van der Waals surface area (Å²) < 4.78 is 5.74. The molecule has 0 unspecified atom stereocenters. The molecule has 0 radical (unpaired) electrons. The van der Waals surface area contributed by atoms with E-state index in [9.17, 15) is 0 Å². The Morgan fingerprint density at radius 2 is 0.647 bits per heavy atom. The van der Waals surface area contributed by atoms with Crippen molar-refractivity contribution in [3.8, 4) is 0 Å². The van der Waals surface area contributed by atoms with E-state index in [4.69, 9.17) is 0 Å². The molecule has 0 atom stereocenters. The molecule has 164 valence electrons. The number of thiophene rings is 4. The van der Waals surface area contributed by atoms with Gasteiger partial charge in [-0.15, -0.1) is 45.3 Å². The molecule has 4 aromatic heterocycles. The van der Waals surface area contributed by atoms with Crippen molar-refractivity contribution in [2.24, 2.45) is 0 Å². The lowest BCUT2D eigenvalue weighted by atomic mass is 9.94. The summed E-state index contributed by atoms with van der Waals surface area (Å²) in [5.41, 5.74) is 0. The van der Waals surface area contributed by atoms with Crippen LogP contribution in [0.2, 0.25) is 0 Å². The predicted molar refractivity (Wildman–Crippen MR) is 159 cm³/mol. The average molecular weight is 509 g/mol. The van der Waals surface area contributed by atoms with E-state index in [-0.39, 0.29) is 0 Å². The normalized spacial score (nSPS) is 12.7. The Bertz CT molecular complexity index is 2000. The Balaban J connectivity index is 1.69. The molecule has 4 heteroatoms. The molecular formula is C30H20S4. The van der Waals surface area contributed by atoms with Gasteiger partial charge in [0.25, 0.3) is 0 Å². The zero-order valence-electron chi connectivity index (χ0n) is 19.3. The van der Waals surface area contributed by atoms with Crippen LogP contribution in [0.25, 0.3) is 72.7 Å². The molecule has 0 fully saturated rings. The van der Waals surface area contributed by atoms with Crippen LogP contribution in [0.15, 0.2) is 48.5 Å². The Labute approximate surface area is 212 Å². The SMILES string of the molecule is Cc1cc2c3cc(C)sc3c3c4ccc5c6sc(C)cc6c6cc(C)sc6c5c4ccc3c2s1. The highest BCUT2D eigenvalue weighted by Gasteiger charge is 2.19. The zero-order valence-corrected chi connectivity index (χ0v) is 22.5. The summed E-state index contributed by atoms with van der Waals surface area (Å²) >= 11 is 7.77. The first-order valence-corrected chi connectivity index (χ1v) is 14.8. The number of fused-ring (bicyclic) bond motifs is 15. The van der Waals surface area contributed by atoms with Gasteiger partial charge in [0.1, 0.15) is 0 Å². The molecule has 0 aliphatic heterocycles. The molecular weight excluding hydrogens is 489 g/mol. The van der Waals surface area contributed by atoms with Gasteiger partial charge in [-0.1, -0.05) is 24.3 Å². The van der Waals surface area contributed by atoms with Crippen LogP contribution < -0.4 is 0 Å². The van der Waals surface area contributed by atoms with E-state index in [0.29, 0.717) is 0 Å². The van der Waals surface area contributed by atoms with Crippen molar-refractivity contribution in [2.45, 2.75) is 27.7 Å². The van der Waals surface area contributed by atoms with Crippen LogP contribution in [0.1, 0.15) is 19.5 Å². The van der Waals surface area contributed by atoms with E-state index in [1.165, 1.54) is 92.2 Å². The lowest BCUT2D eigenvalue weighted by Crippen LogP contribution is -1.83. The molecule has 0 spiro atoms. The highest BCUT2D eigenvalue weighted by molar-refractivity contribution is 7.23. The van der Waals surface area contributed by atoms with Crippen LogP contribution in [-0.4, -0.2) is 0 Å². The molecule has 34 heavy (non-hydrogen) atoms. The van der Waals surface area contributed by atoms with Gasteiger partial charge in [0.05, 0.1) is 0 Å². The van der Waals surface area contributed by atoms with Crippen molar-refractivity contribution in [3.63, 3.8) is 0 Å². The molecule has 4 aromatic carbocycles. The molecule has 0 saturated carbocycles. The largest absolute Gasteiger partial charge is 0.140 e. The van der Waals surface area contributed by atoms with Crippen molar-refractivity contribution in [1.82, 2.24) is 0 Å². The summed E-state index contributed by atoms with van der Waals surface area (Å²) in [5.74, 6) is 0. The molecule has 0 bridgehead atoms. The van der Waals surface area contributed by atoms with Gasteiger partial charge in [-0.3, -0.25) is 0 Å². The summed E-state index contributed by atoms with van der Waals surface area (Å²) in [6.07, 6.45) is 0. The second-order valence-corrected chi connectivity index (χ2v) is 14.5. The van der Waals surface area contributed by atoms with Gasteiger partial charge in [0.2, 0.25) is 0 Å². The molecule has 0 nitrogen and oxygen atoms in total. The lowest BCUT2D eigenvalue weighted by Gasteiger charge is -2.11. The van der Waals surface area contributed by atoms with Crippen LogP contribution in [0, 0.1) is 27.7 Å². The highest BCUT2D eigenvalue weighted by Crippen LogP contribution is 2.49. The number of rotatable bonds is 0. The Hall–Kier alpha value is -2.50. The summed E-state index contributed by atoms with van der Waals surface area (Å²) in [5, 5.41) is 14.1. The number of hydrogen-bond acceptors (Lipinski definition) is 4. The van der Waals surface area contributed by atoms with Crippen molar-refractivity contribution < 1.29 is 0 Å². The first kappa shape index (κ1) is 19.8. The molecule has 0 amide bonds. The van der Waals surface area contributed by atoms with E-state index in [0.717, 1.165) is 0 Å². The maximum Gasteiger partial charge on any atom is 0.0437 e. The topological polar surface area (TPSA) is 0 Å². The molecule has 0 N–H and O–H groups in total. The fourth-order valence-corrected chi connectivity index (χ4v) is 10.2. The lowest BCUT2D eigenvalue weighted by molar-refractivity contribution is 1.65. The zero-order chi connectivity index (χ0) is 22.9. The Morgan fingerprint density at radius 3 is 1.03 bits per heavy atom. The minimum Gasteiger partial charge on any atom is -0.140 e. The highest BCUT2D eigenvalue weighted by atomic mass is 32.1. The third kappa shape index (κ3) is 2.42. The van der Waals surface area contributed by atoms with Crippen molar-refractivity contribution >= 4 is 118 Å². The molecule has 4 heterocycles. The van der Waals surface area contributed by atoms with Crippen LogP contribution >= 0.6 is 45.3 Å². The molecule has 0 aliphatic rings. The number of benzene rings is 4. The van der Waals surface area contributed by atoms with E-state index >= 15 is 0 Å². The van der Waals surface area contributed by atoms with Gasteiger partial charge in [0, 0.05) is 81.4 Å². The fraction of sp³-hybridized carbons (Fsp3) is 0.133. The number of aryl methyl sites for hydroxylation is 4. The van der Waals surface area contributed by atoms with Gasteiger partial charge >= 0.3 is 0 Å². The third-order valence-corrected chi connectivity index (χ3v) is 11.4. The smallest absolute Gasteiger partial charge is 0.0437 e. The second kappa shape index (κ2) is 6.58. The monoisotopic (exact) mass is 508 g/mol. The van der Waals surface area contributed by atoms with Crippen LogP contribution in [0.5, 0.6) is 0 Å². The maximum atomic E-state index is 2.40. The maximum absolute atomic E-state index is 2.40. The molecule has 0 aliphatic carbocycles.